The lowest BCUT2D eigenvalue weighted by molar-refractivity contribution is 0.203. The second kappa shape index (κ2) is 6.44. The van der Waals surface area contributed by atoms with E-state index in [1.807, 2.05) is 19.9 Å². The number of rotatable bonds is 1. The lowest BCUT2D eigenvalue weighted by Crippen LogP contribution is -2.23. The van der Waals surface area contributed by atoms with Crippen LogP contribution in [0.4, 0.5) is 10.5 Å². The number of anilines is 1. The van der Waals surface area contributed by atoms with Gasteiger partial charge in [0.05, 0.1) is 11.6 Å². The Labute approximate surface area is 89.4 Å². The lowest BCUT2D eigenvalue weighted by atomic mass is 10.2. The Kier molecular flexibility index (Phi) is 5.57. The number of carboxylic acid groups (broad SMARTS) is 1. The minimum absolute atomic E-state index is 0.516. The molecule has 0 bridgehead atoms. The van der Waals surface area contributed by atoms with Gasteiger partial charge >= 0.3 is 6.09 Å². The average Bonchev–Trinajstić information content (AvgIpc) is 2.31. The highest BCUT2D eigenvalue weighted by molar-refractivity contribution is 5.85. The van der Waals surface area contributed by atoms with Crippen molar-refractivity contribution in [2.75, 3.05) is 11.9 Å². The van der Waals surface area contributed by atoms with E-state index in [2.05, 4.69) is 0 Å². The van der Waals surface area contributed by atoms with E-state index in [0.717, 1.165) is 4.90 Å². The van der Waals surface area contributed by atoms with E-state index in [1.165, 1.54) is 7.05 Å². The fourth-order valence-corrected chi connectivity index (χ4v) is 0.870. The maximum absolute atomic E-state index is 10.5. The first-order chi connectivity index (χ1) is 7.15. The van der Waals surface area contributed by atoms with Crippen LogP contribution in [0.25, 0.3) is 0 Å². The van der Waals surface area contributed by atoms with Gasteiger partial charge in [0.15, 0.2) is 0 Å². The highest BCUT2D eigenvalue weighted by Gasteiger charge is 2.06. The van der Waals surface area contributed by atoms with Crippen LogP contribution in [0, 0.1) is 11.3 Å². The zero-order valence-corrected chi connectivity index (χ0v) is 9.06. The number of nitrogens with zero attached hydrogens (tertiary/aromatic N) is 2. The molecule has 1 aromatic rings. The van der Waals surface area contributed by atoms with Gasteiger partial charge in [0.2, 0.25) is 0 Å². The smallest absolute Gasteiger partial charge is 0.411 e. The van der Waals surface area contributed by atoms with E-state index in [4.69, 9.17) is 10.4 Å². The number of hydrogen-bond acceptors (Lipinski definition) is 2. The molecule has 1 N–H and O–H groups in total. The van der Waals surface area contributed by atoms with E-state index < -0.39 is 6.09 Å². The fourth-order valence-electron chi connectivity index (χ4n) is 0.870. The van der Waals surface area contributed by atoms with Crippen molar-refractivity contribution < 1.29 is 9.90 Å². The molecule has 15 heavy (non-hydrogen) atoms. The van der Waals surface area contributed by atoms with Crippen LogP contribution in [0.3, 0.4) is 0 Å². The van der Waals surface area contributed by atoms with Crippen molar-refractivity contribution in [1.82, 2.24) is 0 Å². The second-order valence-electron chi connectivity index (χ2n) is 2.50. The Morgan fingerprint density at radius 3 is 2.13 bits per heavy atom. The molecule has 1 rings (SSSR count). The minimum atomic E-state index is -1.02. The Balaban J connectivity index is 0.000000921. The zero-order valence-electron chi connectivity index (χ0n) is 9.06. The maximum Gasteiger partial charge on any atom is 0.411 e. The predicted octanol–water partition coefficient (Wildman–Crippen LogP) is 2.70. The van der Waals surface area contributed by atoms with Gasteiger partial charge in [-0.2, -0.15) is 5.26 Å². The molecule has 0 aromatic heterocycles. The van der Waals surface area contributed by atoms with Gasteiger partial charge in [-0.05, 0) is 24.3 Å². The fraction of sp³-hybridized carbons (Fsp3) is 0.273. The molecular formula is C11H14N2O2. The quantitative estimate of drug-likeness (QED) is 0.768. The van der Waals surface area contributed by atoms with Crippen LogP contribution in [0.2, 0.25) is 0 Å². The normalized spacial score (nSPS) is 8.13. The lowest BCUT2D eigenvalue weighted by Gasteiger charge is -2.12. The SMILES string of the molecule is CC.CN(C(=O)O)c1ccc(C#N)cc1. The second-order valence-corrected chi connectivity index (χ2v) is 2.50. The van der Waals surface area contributed by atoms with Crippen LogP contribution >= 0.6 is 0 Å². The molecule has 4 nitrogen and oxygen atoms in total. The summed E-state index contributed by atoms with van der Waals surface area (Å²) in [5.41, 5.74) is 1.06. The summed E-state index contributed by atoms with van der Waals surface area (Å²) in [6, 6.07) is 8.29. The molecule has 1 amide bonds. The Hall–Kier alpha value is -2.02. The summed E-state index contributed by atoms with van der Waals surface area (Å²) in [6.07, 6.45) is -1.02. The van der Waals surface area contributed by atoms with Crippen molar-refractivity contribution in [1.29, 1.82) is 5.26 Å². The molecular weight excluding hydrogens is 192 g/mol. The molecule has 0 spiro atoms. The standard InChI is InChI=1S/C9H8N2O2.C2H6/c1-11(9(12)13)8-4-2-7(6-10)3-5-8;1-2/h2-5H,1H3,(H,12,13);1-2H3. The van der Waals surface area contributed by atoms with Crippen molar-refractivity contribution in [3.8, 4) is 6.07 Å². The monoisotopic (exact) mass is 206 g/mol. The van der Waals surface area contributed by atoms with Gasteiger partial charge in [-0.3, -0.25) is 4.90 Å². The predicted molar refractivity (Wildman–Crippen MR) is 58.9 cm³/mol. The van der Waals surface area contributed by atoms with Crippen LogP contribution in [-0.4, -0.2) is 18.2 Å². The summed E-state index contributed by atoms with van der Waals surface area (Å²) in [5, 5.41) is 17.1. The van der Waals surface area contributed by atoms with Crippen LogP contribution < -0.4 is 4.90 Å². The molecule has 0 fully saturated rings. The van der Waals surface area contributed by atoms with Crippen molar-refractivity contribution >= 4 is 11.8 Å². The summed E-state index contributed by atoms with van der Waals surface area (Å²) >= 11 is 0. The van der Waals surface area contributed by atoms with Crippen LogP contribution in [0.1, 0.15) is 19.4 Å². The molecule has 0 radical (unpaired) electrons. The van der Waals surface area contributed by atoms with Crippen molar-refractivity contribution in [2.24, 2.45) is 0 Å². The van der Waals surface area contributed by atoms with Crippen molar-refractivity contribution in [2.45, 2.75) is 13.8 Å². The molecule has 0 heterocycles. The van der Waals surface area contributed by atoms with Gasteiger partial charge in [-0.15, -0.1) is 0 Å². The number of nitriles is 1. The van der Waals surface area contributed by atoms with Crippen molar-refractivity contribution in [3.05, 3.63) is 29.8 Å². The molecule has 4 heteroatoms. The summed E-state index contributed by atoms with van der Waals surface area (Å²) in [4.78, 5) is 11.6. The first-order valence-electron chi connectivity index (χ1n) is 4.62. The molecule has 0 unspecified atom stereocenters. The number of hydrogen-bond donors (Lipinski definition) is 1. The van der Waals surface area contributed by atoms with Crippen LogP contribution in [-0.2, 0) is 0 Å². The molecule has 0 saturated carbocycles. The van der Waals surface area contributed by atoms with Gasteiger partial charge in [-0.25, -0.2) is 4.79 Å². The van der Waals surface area contributed by atoms with Crippen LogP contribution in [0.15, 0.2) is 24.3 Å². The Bertz CT molecular complexity index is 352. The first kappa shape index (κ1) is 13.0. The van der Waals surface area contributed by atoms with E-state index in [9.17, 15) is 4.79 Å². The summed E-state index contributed by atoms with van der Waals surface area (Å²) in [6.45, 7) is 4.00. The van der Waals surface area contributed by atoms with Gasteiger partial charge in [0.25, 0.3) is 0 Å². The number of carbonyl (C=O) groups is 1. The van der Waals surface area contributed by atoms with Crippen LogP contribution in [0.5, 0.6) is 0 Å². The molecule has 0 aliphatic rings. The van der Waals surface area contributed by atoms with E-state index in [0.29, 0.717) is 11.3 Å². The Morgan fingerprint density at radius 1 is 1.33 bits per heavy atom. The molecule has 0 aliphatic heterocycles. The number of amides is 1. The Morgan fingerprint density at radius 2 is 1.80 bits per heavy atom. The van der Waals surface area contributed by atoms with E-state index in [-0.39, 0.29) is 0 Å². The summed E-state index contributed by atoms with van der Waals surface area (Å²) in [7, 11) is 1.45. The largest absolute Gasteiger partial charge is 0.465 e. The van der Waals surface area contributed by atoms with Gasteiger partial charge in [-0.1, -0.05) is 13.8 Å². The molecule has 0 saturated heterocycles. The zero-order chi connectivity index (χ0) is 11.8. The molecule has 1 aromatic carbocycles. The minimum Gasteiger partial charge on any atom is -0.465 e. The summed E-state index contributed by atoms with van der Waals surface area (Å²) < 4.78 is 0. The average molecular weight is 206 g/mol. The summed E-state index contributed by atoms with van der Waals surface area (Å²) in [5.74, 6) is 0. The molecule has 80 valence electrons. The van der Waals surface area contributed by atoms with Gasteiger partial charge < -0.3 is 5.11 Å². The van der Waals surface area contributed by atoms with E-state index in [1.54, 1.807) is 24.3 Å². The first-order valence-corrected chi connectivity index (χ1v) is 4.62. The highest BCUT2D eigenvalue weighted by atomic mass is 16.4. The van der Waals surface area contributed by atoms with Gasteiger partial charge in [0.1, 0.15) is 0 Å². The number of benzene rings is 1. The topological polar surface area (TPSA) is 64.3 Å². The molecule has 0 atom stereocenters. The third kappa shape index (κ3) is 3.69. The third-order valence-electron chi connectivity index (χ3n) is 1.67. The molecule has 0 aliphatic carbocycles. The van der Waals surface area contributed by atoms with E-state index >= 15 is 0 Å². The van der Waals surface area contributed by atoms with Gasteiger partial charge in [0, 0.05) is 12.7 Å². The van der Waals surface area contributed by atoms with Crippen molar-refractivity contribution in [3.63, 3.8) is 0 Å². The third-order valence-corrected chi connectivity index (χ3v) is 1.67. The highest BCUT2D eigenvalue weighted by Crippen LogP contribution is 2.12. The maximum atomic E-state index is 10.5.